The number of ether oxygens (including phenoxy) is 1. The number of carbonyl (C=O) groups excluding carboxylic acids is 1. The Bertz CT molecular complexity index is 1190. The van der Waals surface area contributed by atoms with Gasteiger partial charge in [-0.25, -0.2) is 10.5 Å². The lowest BCUT2D eigenvalue weighted by molar-refractivity contribution is -0.143. The quantitative estimate of drug-likeness (QED) is 0.136. The molecular formula is C27H33ClN4O4S. The number of rotatable bonds is 11. The first-order valence-electron chi connectivity index (χ1n) is 12.5. The van der Waals surface area contributed by atoms with Gasteiger partial charge in [-0.05, 0) is 82.1 Å². The molecule has 1 aromatic carbocycles. The molecule has 0 spiro atoms. The van der Waals surface area contributed by atoms with Crippen molar-refractivity contribution in [2.45, 2.75) is 43.2 Å². The van der Waals surface area contributed by atoms with Gasteiger partial charge in [-0.1, -0.05) is 17.7 Å². The largest absolute Gasteiger partial charge is 0.497 e. The highest BCUT2D eigenvalue weighted by atomic mass is 35.5. The first-order chi connectivity index (χ1) is 18.0. The maximum Gasteiger partial charge on any atom is 0.249 e. The fourth-order valence-corrected chi connectivity index (χ4v) is 6.07. The predicted octanol–water partition coefficient (Wildman–Crippen LogP) is 4.88. The number of piperidine rings is 1. The van der Waals surface area contributed by atoms with E-state index in [9.17, 15) is 15.1 Å². The van der Waals surface area contributed by atoms with Crippen LogP contribution < -0.4 is 10.2 Å². The summed E-state index contributed by atoms with van der Waals surface area (Å²) in [5, 5.41) is 22.8. The molecule has 1 saturated heterocycles. The number of fused-ring (bicyclic) bond motifs is 1. The average Bonchev–Trinajstić information content (AvgIpc) is 2.94. The molecule has 1 aliphatic heterocycles. The number of benzene rings is 1. The van der Waals surface area contributed by atoms with Crippen LogP contribution in [-0.4, -0.2) is 63.6 Å². The molecule has 198 valence electrons. The van der Waals surface area contributed by atoms with Gasteiger partial charge in [0.2, 0.25) is 5.91 Å². The number of nitrogens with one attached hydrogen (secondary N) is 1. The molecule has 0 bridgehead atoms. The lowest BCUT2D eigenvalue weighted by Gasteiger charge is -2.40. The van der Waals surface area contributed by atoms with E-state index in [1.165, 1.54) is 6.20 Å². The van der Waals surface area contributed by atoms with Gasteiger partial charge < -0.3 is 14.7 Å². The van der Waals surface area contributed by atoms with Crippen LogP contribution in [0.25, 0.3) is 10.9 Å². The van der Waals surface area contributed by atoms with Crippen molar-refractivity contribution in [1.29, 1.82) is 0 Å². The predicted molar refractivity (Wildman–Crippen MR) is 145 cm³/mol. The van der Waals surface area contributed by atoms with E-state index in [0.717, 1.165) is 42.2 Å². The second kappa shape index (κ2) is 12.9. The van der Waals surface area contributed by atoms with Crippen molar-refractivity contribution >= 4 is 40.2 Å². The molecule has 3 aromatic rings. The Balaban J connectivity index is 1.36. The van der Waals surface area contributed by atoms with Crippen molar-refractivity contribution in [1.82, 2.24) is 20.3 Å². The number of aromatic nitrogens is 2. The molecule has 1 unspecified atom stereocenters. The molecule has 10 heteroatoms. The Morgan fingerprint density at radius 1 is 1.27 bits per heavy atom. The second-order valence-electron chi connectivity index (χ2n) is 9.39. The minimum atomic E-state index is -0.893. The Labute approximate surface area is 226 Å². The Kier molecular flexibility index (Phi) is 9.61. The summed E-state index contributed by atoms with van der Waals surface area (Å²) in [6.07, 6.45) is 5.44. The topological polar surface area (TPSA) is 108 Å². The summed E-state index contributed by atoms with van der Waals surface area (Å²) in [5.41, 5.74) is 2.41. The molecule has 8 nitrogen and oxygen atoms in total. The molecule has 3 heterocycles. The van der Waals surface area contributed by atoms with Gasteiger partial charge in [-0.3, -0.25) is 15.0 Å². The Morgan fingerprint density at radius 2 is 2.08 bits per heavy atom. The summed E-state index contributed by atoms with van der Waals surface area (Å²) in [6.45, 7) is 2.46. The number of methoxy groups -OCH3 is 1. The SMILES string of the molecule is COc1ccc2ncc(Cl)c(C(O)CCC3(C(=O)NO)CCN(CCCSc4ccccn4)CC3)c2c1. The molecule has 3 N–H and O–H groups in total. The molecule has 37 heavy (non-hydrogen) atoms. The highest BCUT2D eigenvalue weighted by molar-refractivity contribution is 7.99. The van der Waals surface area contributed by atoms with Crippen LogP contribution >= 0.6 is 23.4 Å². The van der Waals surface area contributed by atoms with Gasteiger partial charge in [0.15, 0.2) is 0 Å². The molecule has 1 amide bonds. The van der Waals surface area contributed by atoms with Crippen LogP contribution in [0.1, 0.15) is 43.8 Å². The number of hydrogen-bond donors (Lipinski definition) is 3. The monoisotopic (exact) mass is 544 g/mol. The van der Waals surface area contributed by atoms with Gasteiger partial charge >= 0.3 is 0 Å². The number of hydrogen-bond acceptors (Lipinski definition) is 8. The number of halogens is 1. The van der Waals surface area contributed by atoms with Crippen LogP contribution in [0.15, 0.2) is 53.8 Å². The maximum atomic E-state index is 12.8. The number of aliphatic hydroxyl groups excluding tert-OH is 1. The zero-order valence-corrected chi connectivity index (χ0v) is 22.5. The van der Waals surface area contributed by atoms with Gasteiger partial charge in [0.25, 0.3) is 0 Å². The summed E-state index contributed by atoms with van der Waals surface area (Å²) in [6, 6.07) is 11.4. The molecule has 1 fully saturated rings. The summed E-state index contributed by atoms with van der Waals surface area (Å²) >= 11 is 8.21. The van der Waals surface area contributed by atoms with Crippen molar-refractivity contribution < 1.29 is 19.8 Å². The van der Waals surface area contributed by atoms with E-state index in [0.29, 0.717) is 47.5 Å². The van der Waals surface area contributed by atoms with Crippen molar-refractivity contribution in [2.75, 3.05) is 32.5 Å². The van der Waals surface area contributed by atoms with Crippen LogP contribution in [-0.2, 0) is 4.79 Å². The van der Waals surface area contributed by atoms with Crippen molar-refractivity contribution in [3.63, 3.8) is 0 Å². The Hall–Kier alpha value is -2.43. The lowest BCUT2D eigenvalue weighted by Crippen LogP contribution is -2.48. The summed E-state index contributed by atoms with van der Waals surface area (Å²) < 4.78 is 5.34. The van der Waals surface area contributed by atoms with Crippen LogP contribution in [0.4, 0.5) is 0 Å². The number of nitrogens with zero attached hydrogens (tertiary/aromatic N) is 3. The van der Waals surface area contributed by atoms with E-state index in [2.05, 4.69) is 14.9 Å². The van der Waals surface area contributed by atoms with E-state index in [-0.39, 0.29) is 0 Å². The third kappa shape index (κ3) is 6.72. The third-order valence-electron chi connectivity index (χ3n) is 7.20. The van der Waals surface area contributed by atoms with Crippen molar-refractivity contribution in [3.05, 3.63) is 59.4 Å². The molecule has 1 aliphatic rings. The van der Waals surface area contributed by atoms with E-state index in [4.69, 9.17) is 16.3 Å². The van der Waals surface area contributed by atoms with Crippen LogP contribution in [0.3, 0.4) is 0 Å². The lowest BCUT2D eigenvalue weighted by atomic mass is 9.73. The van der Waals surface area contributed by atoms with E-state index in [1.54, 1.807) is 25.1 Å². The first kappa shape index (κ1) is 27.6. The molecule has 0 aliphatic carbocycles. The molecule has 4 rings (SSSR count). The number of pyridine rings is 2. The number of hydroxylamine groups is 1. The fourth-order valence-electron chi connectivity index (χ4n) is 5.00. The fraction of sp³-hybridized carbons (Fsp3) is 0.444. The number of thioether (sulfide) groups is 1. The molecule has 2 aromatic heterocycles. The number of amides is 1. The van der Waals surface area contributed by atoms with Gasteiger partial charge in [-0.2, -0.15) is 0 Å². The molecular weight excluding hydrogens is 512 g/mol. The first-order valence-corrected chi connectivity index (χ1v) is 13.8. The van der Waals surface area contributed by atoms with Gasteiger partial charge in [0, 0.05) is 29.1 Å². The minimum Gasteiger partial charge on any atom is -0.497 e. The van der Waals surface area contributed by atoms with Gasteiger partial charge in [0.05, 0.1) is 34.2 Å². The Morgan fingerprint density at radius 3 is 2.78 bits per heavy atom. The number of carbonyl (C=O) groups is 1. The highest BCUT2D eigenvalue weighted by Gasteiger charge is 2.41. The molecule has 0 radical (unpaired) electrons. The summed E-state index contributed by atoms with van der Waals surface area (Å²) in [5.74, 6) is 1.23. The molecule has 1 atom stereocenters. The normalized spacial score (nSPS) is 16.4. The van der Waals surface area contributed by atoms with E-state index in [1.807, 2.05) is 41.9 Å². The van der Waals surface area contributed by atoms with E-state index < -0.39 is 17.4 Å². The van der Waals surface area contributed by atoms with Crippen LogP contribution in [0, 0.1) is 5.41 Å². The van der Waals surface area contributed by atoms with Crippen LogP contribution in [0.2, 0.25) is 5.02 Å². The zero-order chi connectivity index (χ0) is 26.3. The molecule has 0 saturated carbocycles. The number of aliphatic hydroxyl groups is 1. The standard InChI is InChI=1S/C27H33ClN4O4S/c1-36-19-6-7-22-20(17-19)25(21(28)18-30-22)23(33)8-9-27(26(34)31-35)10-14-32(15-11-27)13-4-16-37-24-5-2-3-12-29-24/h2-3,5-7,12,17-18,23,33,35H,4,8-11,13-16H2,1H3,(H,31,34). The highest BCUT2D eigenvalue weighted by Crippen LogP contribution is 2.41. The third-order valence-corrected chi connectivity index (χ3v) is 8.53. The number of likely N-dealkylation sites (tertiary alicyclic amines) is 1. The zero-order valence-electron chi connectivity index (χ0n) is 20.9. The average molecular weight is 545 g/mol. The minimum absolute atomic E-state index is 0.324. The summed E-state index contributed by atoms with van der Waals surface area (Å²) in [7, 11) is 1.58. The smallest absolute Gasteiger partial charge is 0.249 e. The maximum absolute atomic E-state index is 12.8. The van der Waals surface area contributed by atoms with Crippen molar-refractivity contribution in [2.24, 2.45) is 5.41 Å². The second-order valence-corrected chi connectivity index (χ2v) is 10.9. The van der Waals surface area contributed by atoms with E-state index >= 15 is 0 Å². The van der Waals surface area contributed by atoms with Crippen molar-refractivity contribution in [3.8, 4) is 5.75 Å². The van der Waals surface area contributed by atoms with Gasteiger partial charge in [-0.15, -0.1) is 11.8 Å². The van der Waals surface area contributed by atoms with Gasteiger partial charge in [0.1, 0.15) is 5.75 Å². The van der Waals surface area contributed by atoms with Crippen LogP contribution in [0.5, 0.6) is 5.75 Å². The summed E-state index contributed by atoms with van der Waals surface area (Å²) in [4.78, 5) is 23.9.